The van der Waals surface area contributed by atoms with Crippen LogP contribution in [-0.4, -0.2) is 57.2 Å². The molecule has 10 heteroatoms. The zero-order valence-corrected chi connectivity index (χ0v) is 15.2. The van der Waals surface area contributed by atoms with Crippen LogP contribution >= 0.6 is 0 Å². The minimum Gasteiger partial charge on any atom is -0.495 e. The number of nitrogens with zero attached hydrogens (tertiary/aromatic N) is 2. The van der Waals surface area contributed by atoms with Crippen LogP contribution in [-0.2, 0) is 14.8 Å². The van der Waals surface area contributed by atoms with E-state index in [9.17, 15) is 13.2 Å². The van der Waals surface area contributed by atoms with Gasteiger partial charge in [0.15, 0.2) is 5.69 Å². The summed E-state index contributed by atoms with van der Waals surface area (Å²) in [4.78, 5) is 12.4. The Morgan fingerprint density at radius 1 is 1.27 bits per heavy atom. The number of amides is 1. The summed E-state index contributed by atoms with van der Waals surface area (Å²) in [5.74, 6) is 0.298. The van der Waals surface area contributed by atoms with Crippen molar-refractivity contribution in [2.75, 3.05) is 38.7 Å². The molecule has 2 heterocycles. The number of carbonyl (C=O) groups is 1. The van der Waals surface area contributed by atoms with E-state index in [1.807, 2.05) is 0 Å². The maximum absolute atomic E-state index is 12.8. The van der Waals surface area contributed by atoms with Gasteiger partial charge in [-0.3, -0.25) is 4.79 Å². The van der Waals surface area contributed by atoms with Crippen LogP contribution in [0.1, 0.15) is 16.2 Å². The molecule has 0 unspecified atom stereocenters. The van der Waals surface area contributed by atoms with Gasteiger partial charge in [0.25, 0.3) is 5.91 Å². The third kappa shape index (κ3) is 3.71. The number of methoxy groups -OCH3 is 1. The number of aryl methyl sites for hydroxylation is 1. The van der Waals surface area contributed by atoms with Gasteiger partial charge in [-0.1, -0.05) is 5.16 Å². The molecule has 1 aromatic carbocycles. The second kappa shape index (κ2) is 7.44. The number of nitrogens with one attached hydrogen (secondary N) is 1. The van der Waals surface area contributed by atoms with Gasteiger partial charge in [-0.15, -0.1) is 0 Å². The van der Waals surface area contributed by atoms with E-state index < -0.39 is 15.9 Å². The average Bonchev–Trinajstić information content (AvgIpc) is 3.09. The molecule has 2 aromatic rings. The number of carbonyl (C=O) groups excluding carboxylic acids is 1. The topological polar surface area (TPSA) is 111 Å². The van der Waals surface area contributed by atoms with E-state index in [0.717, 1.165) is 0 Å². The van der Waals surface area contributed by atoms with Gasteiger partial charge in [0.1, 0.15) is 11.5 Å². The molecule has 140 valence electrons. The Bertz CT molecular complexity index is 902. The molecule has 26 heavy (non-hydrogen) atoms. The normalized spacial score (nSPS) is 15.6. The van der Waals surface area contributed by atoms with Crippen LogP contribution in [0.25, 0.3) is 0 Å². The van der Waals surface area contributed by atoms with E-state index in [1.165, 1.54) is 35.7 Å². The number of ether oxygens (including phenoxy) is 2. The molecule has 0 bridgehead atoms. The molecule has 0 atom stereocenters. The van der Waals surface area contributed by atoms with Crippen LogP contribution in [0.4, 0.5) is 5.69 Å². The summed E-state index contributed by atoms with van der Waals surface area (Å²) in [5, 5.41) is 6.26. The summed E-state index contributed by atoms with van der Waals surface area (Å²) in [6.45, 7) is 2.94. The predicted molar refractivity (Wildman–Crippen MR) is 91.8 cm³/mol. The number of benzene rings is 1. The maximum Gasteiger partial charge on any atom is 0.277 e. The molecular weight excluding hydrogens is 362 g/mol. The molecule has 1 aliphatic rings. The molecular formula is C16H19N3O6S. The number of rotatable bonds is 5. The first-order valence-electron chi connectivity index (χ1n) is 7.92. The summed E-state index contributed by atoms with van der Waals surface area (Å²) in [5.41, 5.74) is 0.318. The second-order valence-electron chi connectivity index (χ2n) is 5.66. The number of morpholine rings is 1. The van der Waals surface area contributed by atoms with Crippen molar-refractivity contribution in [3.8, 4) is 5.75 Å². The highest BCUT2D eigenvalue weighted by atomic mass is 32.2. The minimum atomic E-state index is -3.69. The Hall–Kier alpha value is -2.43. The van der Waals surface area contributed by atoms with Crippen molar-refractivity contribution in [2.45, 2.75) is 11.8 Å². The minimum absolute atomic E-state index is 0.0619. The van der Waals surface area contributed by atoms with Gasteiger partial charge >= 0.3 is 0 Å². The summed E-state index contributed by atoms with van der Waals surface area (Å²) < 4.78 is 42.2. The van der Waals surface area contributed by atoms with Crippen molar-refractivity contribution in [2.24, 2.45) is 0 Å². The number of hydrogen-bond donors (Lipinski definition) is 1. The van der Waals surface area contributed by atoms with E-state index in [0.29, 0.717) is 24.7 Å². The molecule has 0 saturated carbocycles. The smallest absolute Gasteiger partial charge is 0.277 e. The first-order valence-corrected chi connectivity index (χ1v) is 9.36. The van der Waals surface area contributed by atoms with Crippen molar-refractivity contribution in [1.82, 2.24) is 9.46 Å². The van der Waals surface area contributed by atoms with Crippen LogP contribution in [0.15, 0.2) is 33.7 Å². The lowest BCUT2D eigenvalue weighted by Crippen LogP contribution is -2.40. The largest absolute Gasteiger partial charge is 0.495 e. The monoisotopic (exact) mass is 381 g/mol. The van der Waals surface area contributed by atoms with E-state index in [-0.39, 0.29) is 29.4 Å². The third-order valence-electron chi connectivity index (χ3n) is 3.89. The van der Waals surface area contributed by atoms with Crippen LogP contribution < -0.4 is 10.1 Å². The Kier molecular flexibility index (Phi) is 5.25. The first kappa shape index (κ1) is 18.4. The van der Waals surface area contributed by atoms with Gasteiger partial charge in [0, 0.05) is 19.2 Å². The molecule has 3 rings (SSSR count). The second-order valence-corrected chi connectivity index (χ2v) is 7.59. The zero-order valence-electron chi connectivity index (χ0n) is 14.4. The summed E-state index contributed by atoms with van der Waals surface area (Å²) in [6, 6.07) is 5.79. The van der Waals surface area contributed by atoms with Crippen molar-refractivity contribution >= 4 is 21.6 Å². The zero-order chi connectivity index (χ0) is 18.7. The van der Waals surface area contributed by atoms with Gasteiger partial charge in [-0.2, -0.15) is 4.31 Å². The Morgan fingerprint density at radius 2 is 2.00 bits per heavy atom. The lowest BCUT2D eigenvalue weighted by molar-refractivity contribution is 0.0730. The highest BCUT2D eigenvalue weighted by Gasteiger charge is 2.27. The van der Waals surface area contributed by atoms with Crippen LogP contribution in [0, 0.1) is 6.92 Å². The number of sulfonamides is 1. The highest BCUT2D eigenvalue weighted by Crippen LogP contribution is 2.29. The van der Waals surface area contributed by atoms with Crippen molar-refractivity contribution in [3.05, 3.63) is 35.7 Å². The van der Waals surface area contributed by atoms with E-state index in [4.69, 9.17) is 14.0 Å². The maximum atomic E-state index is 12.8. The van der Waals surface area contributed by atoms with Crippen LogP contribution in [0.5, 0.6) is 5.75 Å². The van der Waals surface area contributed by atoms with Crippen molar-refractivity contribution in [3.63, 3.8) is 0 Å². The van der Waals surface area contributed by atoms with E-state index in [1.54, 1.807) is 6.92 Å². The quantitative estimate of drug-likeness (QED) is 0.830. The lowest BCUT2D eigenvalue weighted by Gasteiger charge is -2.26. The van der Waals surface area contributed by atoms with E-state index >= 15 is 0 Å². The molecule has 1 amide bonds. The molecule has 0 radical (unpaired) electrons. The fourth-order valence-corrected chi connectivity index (χ4v) is 3.98. The summed E-state index contributed by atoms with van der Waals surface area (Å²) in [7, 11) is -2.26. The fourth-order valence-electron chi connectivity index (χ4n) is 2.54. The van der Waals surface area contributed by atoms with Crippen LogP contribution in [0.3, 0.4) is 0 Å². The van der Waals surface area contributed by atoms with Crippen molar-refractivity contribution < 1.29 is 27.2 Å². The van der Waals surface area contributed by atoms with Gasteiger partial charge in [-0.05, 0) is 25.1 Å². The molecule has 1 fully saturated rings. The highest BCUT2D eigenvalue weighted by molar-refractivity contribution is 7.89. The van der Waals surface area contributed by atoms with Gasteiger partial charge in [0.2, 0.25) is 10.0 Å². The third-order valence-corrected chi connectivity index (χ3v) is 5.78. The number of aromatic nitrogens is 1. The predicted octanol–water partition coefficient (Wildman–Crippen LogP) is 1.26. The van der Waals surface area contributed by atoms with Gasteiger partial charge in [-0.25, -0.2) is 8.42 Å². The summed E-state index contributed by atoms with van der Waals surface area (Å²) >= 11 is 0. The molecule has 0 aliphatic carbocycles. The lowest BCUT2D eigenvalue weighted by atomic mass is 10.2. The molecule has 9 nitrogen and oxygen atoms in total. The SMILES string of the molecule is COc1ccc(S(=O)(=O)N2CCOCC2)cc1NC(=O)c1cc(C)on1. The van der Waals surface area contributed by atoms with E-state index in [2.05, 4.69) is 10.5 Å². The summed E-state index contributed by atoms with van der Waals surface area (Å²) in [6.07, 6.45) is 0. The molecule has 1 aromatic heterocycles. The molecule has 1 aliphatic heterocycles. The fraction of sp³-hybridized carbons (Fsp3) is 0.375. The number of hydrogen-bond acceptors (Lipinski definition) is 7. The molecule has 0 spiro atoms. The first-order chi connectivity index (χ1) is 12.4. The van der Waals surface area contributed by atoms with Crippen molar-refractivity contribution in [1.29, 1.82) is 0 Å². The van der Waals surface area contributed by atoms with Gasteiger partial charge in [0.05, 0.1) is 30.9 Å². The average molecular weight is 381 g/mol. The standard InChI is InChI=1S/C16H19N3O6S/c1-11-9-14(18-25-11)16(20)17-13-10-12(3-4-15(13)23-2)26(21,22)19-5-7-24-8-6-19/h3-4,9-10H,5-8H2,1-2H3,(H,17,20). The Balaban J connectivity index is 1.90. The van der Waals surface area contributed by atoms with Gasteiger partial charge < -0.3 is 19.3 Å². The Labute approximate surface area is 150 Å². The number of anilines is 1. The molecule has 1 N–H and O–H groups in total. The Morgan fingerprint density at radius 3 is 2.62 bits per heavy atom. The van der Waals surface area contributed by atoms with Crippen LogP contribution in [0.2, 0.25) is 0 Å². The molecule has 1 saturated heterocycles.